The predicted octanol–water partition coefficient (Wildman–Crippen LogP) is 4.13. The maximum absolute atomic E-state index is 13.1. The lowest BCUT2D eigenvalue weighted by Crippen LogP contribution is -2.40. The number of rotatable bonds is 6. The van der Waals surface area contributed by atoms with Crippen LogP contribution in [0.2, 0.25) is 0 Å². The zero-order valence-corrected chi connectivity index (χ0v) is 16.4. The molecule has 1 aromatic carbocycles. The summed E-state index contributed by atoms with van der Waals surface area (Å²) in [6.45, 7) is 5.77. The third-order valence-electron chi connectivity index (χ3n) is 5.12. The average molecular weight is 409 g/mol. The number of nitrogens with zero attached hydrogens (tertiary/aromatic N) is 3. The van der Waals surface area contributed by atoms with E-state index >= 15 is 0 Å². The van der Waals surface area contributed by atoms with E-state index in [2.05, 4.69) is 27.6 Å². The van der Waals surface area contributed by atoms with E-state index in [0.717, 1.165) is 51.0 Å². The van der Waals surface area contributed by atoms with Crippen molar-refractivity contribution in [3.63, 3.8) is 0 Å². The number of halogens is 3. The van der Waals surface area contributed by atoms with E-state index in [1.807, 2.05) is 0 Å². The third-order valence-corrected chi connectivity index (χ3v) is 5.12. The highest BCUT2D eigenvalue weighted by atomic mass is 19.4. The molecule has 1 fully saturated rings. The Morgan fingerprint density at radius 1 is 1.28 bits per heavy atom. The maximum Gasteiger partial charge on any atom is 0.416 e. The van der Waals surface area contributed by atoms with E-state index in [1.165, 1.54) is 16.9 Å². The second-order valence-corrected chi connectivity index (χ2v) is 7.30. The van der Waals surface area contributed by atoms with E-state index in [9.17, 15) is 18.0 Å². The molecule has 6 nitrogen and oxygen atoms in total. The van der Waals surface area contributed by atoms with Gasteiger partial charge in [-0.05, 0) is 69.1 Å². The number of likely N-dealkylation sites (tertiary alicyclic amines) is 1. The van der Waals surface area contributed by atoms with Gasteiger partial charge in [0.15, 0.2) is 0 Å². The highest BCUT2D eigenvalue weighted by molar-refractivity contribution is 5.91. The van der Waals surface area contributed by atoms with Crippen LogP contribution >= 0.6 is 0 Å². The molecule has 1 aliphatic heterocycles. The molecular weight excluding hydrogens is 383 g/mol. The van der Waals surface area contributed by atoms with Crippen LogP contribution in [0.3, 0.4) is 0 Å². The van der Waals surface area contributed by atoms with Gasteiger partial charge in [-0.3, -0.25) is 0 Å². The van der Waals surface area contributed by atoms with Crippen LogP contribution in [0.4, 0.5) is 23.7 Å². The van der Waals surface area contributed by atoms with Crippen LogP contribution in [0, 0.1) is 5.92 Å². The summed E-state index contributed by atoms with van der Waals surface area (Å²) >= 11 is 0. The monoisotopic (exact) mass is 409 g/mol. The Morgan fingerprint density at radius 3 is 2.66 bits per heavy atom. The molecule has 3 rings (SSSR count). The number of hydrogen-bond donors (Lipinski definition) is 2. The lowest BCUT2D eigenvalue weighted by Gasteiger charge is -2.31. The van der Waals surface area contributed by atoms with E-state index in [1.54, 1.807) is 12.3 Å². The molecule has 2 N–H and O–H groups in total. The number of nitrogens with one attached hydrogen (secondary N) is 2. The first-order valence-corrected chi connectivity index (χ1v) is 9.85. The highest BCUT2D eigenvalue weighted by Gasteiger charge is 2.31. The summed E-state index contributed by atoms with van der Waals surface area (Å²) in [6, 6.07) is 4.35. The van der Waals surface area contributed by atoms with Crippen molar-refractivity contribution in [3.05, 3.63) is 42.2 Å². The number of anilines is 1. The first-order chi connectivity index (χ1) is 13.9. The Labute approximate surface area is 168 Å². The molecule has 0 aliphatic carbocycles. The SMILES string of the molecule is CCCN1CCC(CNC(=O)Nc2cc(C(F)(F)F)ccc2-n2cccn2)CC1. The molecule has 158 valence electrons. The molecule has 2 amide bonds. The minimum Gasteiger partial charge on any atom is -0.338 e. The molecule has 0 saturated carbocycles. The number of piperidine rings is 1. The van der Waals surface area contributed by atoms with Gasteiger partial charge in [0.25, 0.3) is 0 Å². The predicted molar refractivity (Wildman–Crippen MR) is 105 cm³/mol. The quantitative estimate of drug-likeness (QED) is 0.754. The lowest BCUT2D eigenvalue weighted by molar-refractivity contribution is -0.137. The fourth-order valence-electron chi connectivity index (χ4n) is 3.56. The first kappa shape index (κ1) is 21.2. The summed E-state index contributed by atoms with van der Waals surface area (Å²) in [5.74, 6) is 0.376. The number of urea groups is 1. The normalized spacial score (nSPS) is 16.0. The van der Waals surface area contributed by atoms with Crippen LogP contribution in [-0.4, -0.2) is 46.9 Å². The fourth-order valence-corrected chi connectivity index (χ4v) is 3.56. The summed E-state index contributed by atoms with van der Waals surface area (Å²) < 4.78 is 40.7. The molecular formula is C20H26F3N5O. The van der Waals surface area contributed by atoms with Gasteiger partial charge < -0.3 is 15.5 Å². The zero-order valence-electron chi connectivity index (χ0n) is 16.4. The minimum absolute atomic E-state index is 0.0544. The molecule has 29 heavy (non-hydrogen) atoms. The Hall–Kier alpha value is -2.55. The molecule has 0 radical (unpaired) electrons. The summed E-state index contributed by atoms with van der Waals surface area (Å²) in [7, 11) is 0. The standard InChI is InChI=1S/C20H26F3N5O/c1-2-9-27-11-6-15(7-12-27)14-24-19(29)26-17-13-16(20(21,22)23)4-5-18(17)28-10-3-8-25-28/h3-5,8,10,13,15H,2,6-7,9,11-12,14H2,1H3,(H2,24,26,29). The molecule has 1 aromatic heterocycles. The van der Waals surface area contributed by atoms with Gasteiger partial charge in [-0.25, -0.2) is 9.48 Å². The summed E-state index contributed by atoms with van der Waals surface area (Å²) in [4.78, 5) is 14.8. The molecule has 0 atom stereocenters. The second-order valence-electron chi connectivity index (χ2n) is 7.30. The molecule has 2 heterocycles. The van der Waals surface area contributed by atoms with Crippen molar-refractivity contribution in [1.29, 1.82) is 0 Å². The van der Waals surface area contributed by atoms with Gasteiger partial charge in [0.1, 0.15) is 0 Å². The van der Waals surface area contributed by atoms with Crippen LogP contribution in [-0.2, 0) is 6.18 Å². The van der Waals surface area contributed by atoms with Crippen LogP contribution in [0.15, 0.2) is 36.7 Å². The average Bonchev–Trinajstić information content (AvgIpc) is 3.21. The molecule has 0 unspecified atom stereocenters. The lowest BCUT2D eigenvalue weighted by atomic mass is 9.97. The topological polar surface area (TPSA) is 62.2 Å². The number of hydrogen-bond acceptors (Lipinski definition) is 3. The third kappa shape index (κ3) is 5.72. The zero-order chi connectivity index (χ0) is 20.9. The number of amides is 2. The smallest absolute Gasteiger partial charge is 0.338 e. The van der Waals surface area contributed by atoms with Gasteiger partial charge in [0.2, 0.25) is 0 Å². The Morgan fingerprint density at radius 2 is 2.03 bits per heavy atom. The maximum atomic E-state index is 13.1. The van der Waals surface area contributed by atoms with Gasteiger partial charge in [-0.2, -0.15) is 18.3 Å². The van der Waals surface area contributed by atoms with Crippen molar-refractivity contribution in [1.82, 2.24) is 20.0 Å². The summed E-state index contributed by atoms with van der Waals surface area (Å²) in [5, 5.41) is 9.40. The number of carbonyl (C=O) groups is 1. The van der Waals surface area contributed by atoms with Crippen molar-refractivity contribution in [2.75, 3.05) is 31.5 Å². The first-order valence-electron chi connectivity index (χ1n) is 9.85. The number of aromatic nitrogens is 2. The van der Waals surface area contributed by atoms with Crippen molar-refractivity contribution < 1.29 is 18.0 Å². The van der Waals surface area contributed by atoms with Crippen LogP contribution in [0.1, 0.15) is 31.7 Å². The molecule has 1 saturated heterocycles. The van der Waals surface area contributed by atoms with Crippen LogP contribution in [0.5, 0.6) is 0 Å². The van der Waals surface area contributed by atoms with Gasteiger partial charge in [0.05, 0.1) is 16.9 Å². The highest BCUT2D eigenvalue weighted by Crippen LogP contribution is 2.33. The van der Waals surface area contributed by atoms with Crippen molar-refractivity contribution in [2.45, 2.75) is 32.4 Å². The number of benzene rings is 1. The summed E-state index contributed by atoms with van der Waals surface area (Å²) in [5.41, 5.74) is -0.406. The van der Waals surface area contributed by atoms with E-state index in [-0.39, 0.29) is 5.69 Å². The number of carbonyl (C=O) groups excluding carboxylic acids is 1. The number of alkyl halides is 3. The fraction of sp³-hybridized carbons (Fsp3) is 0.500. The minimum atomic E-state index is -4.50. The van der Waals surface area contributed by atoms with E-state index in [4.69, 9.17) is 0 Å². The van der Waals surface area contributed by atoms with Gasteiger partial charge in [-0.15, -0.1) is 0 Å². The van der Waals surface area contributed by atoms with Crippen molar-refractivity contribution >= 4 is 11.7 Å². The molecule has 0 spiro atoms. The molecule has 1 aliphatic rings. The molecule has 2 aromatic rings. The largest absolute Gasteiger partial charge is 0.416 e. The van der Waals surface area contributed by atoms with Crippen molar-refractivity contribution in [2.24, 2.45) is 5.92 Å². The van der Waals surface area contributed by atoms with Crippen molar-refractivity contribution in [3.8, 4) is 5.69 Å². The Bertz CT molecular complexity index is 799. The van der Waals surface area contributed by atoms with E-state index in [0.29, 0.717) is 18.2 Å². The molecule has 0 bridgehead atoms. The Balaban J connectivity index is 1.63. The van der Waals surface area contributed by atoms with Crippen LogP contribution < -0.4 is 10.6 Å². The van der Waals surface area contributed by atoms with Gasteiger partial charge in [0, 0.05) is 18.9 Å². The molecule has 9 heteroatoms. The van der Waals surface area contributed by atoms with Gasteiger partial charge in [-0.1, -0.05) is 6.92 Å². The summed E-state index contributed by atoms with van der Waals surface area (Å²) in [6.07, 6.45) is 1.76. The Kier molecular flexibility index (Phi) is 6.79. The van der Waals surface area contributed by atoms with Gasteiger partial charge >= 0.3 is 12.2 Å². The second kappa shape index (κ2) is 9.30. The van der Waals surface area contributed by atoms with Crippen LogP contribution in [0.25, 0.3) is 5.69 Å². The van der Waals surface area contributed by atoms with E-state index < -0.39 is 17.8 Å².